The van der Waals surface area contributed by atoms with Crippen LogP contribution in [0.5, 0.6) is 0 Å². The zero-order valence-corrected chi connectivity index (χ0v) is 12.6. The molecule has 4 rings (SSSR count). The third kappa shape index (κ3) is 2.13. The highest BCUT2D eigenvalue weighted by Crippen LogP contribution is 2.44. The summed E-state index contributed by atoms with van der Waals surface area (Å²) in [5.74, 6) is 0.427. The molecule has 1 aliphatic rings. The number of carboxylic acid groups (broad SMARTS) is 1. The van der Waals surface area contributed by atoms with E-state index in [0.717, 1.165) is 21.0 Å². The van der Waals surface area contributed by atoms with Crippen LogP contribution in [0, 0.1) is 0 Å². The molecule has 0 spiro atoms. The second-order valence-electron chi connectivity index (χ2n) is 4.94. The Hall–Kier alpha value is -1.85. The zero-order chi connectivity index (χ0) is 14.4. The molecule has 0 amide bonds. The molecule has 1 aromatic heterocycles. The fraction of sp³-hybridized carbons (Fsp3) is 0.125. The Labute approximate surface area is 129 Å². The number of carbonyl (C=O) groups is 1. The summed E-state index contributed by atoms with van der Waals surface area (Å²) < 4.78 is 0.944. The third-order valence-electron chi connectivity index (χ3n) is 3.65. The van der Waals surface area contributed by atoms with Crippen LogP contribution in [-0.4, -0.2) is 21.8 Å². The van der Waals surface area contributed by atoms with Crippen molar-refractivity contribution in [3.63, 3.8) is 0 Å². The average Bonchev–Trinajstić information content (AvgIpc) is 3.09. The summed E-state index contributed by atoms with van der Waals surface area (Å²) in [5.41, 5.74) is 2.54. The topological polar surface area (TPSA) is 50.2 Å². The van der Waals surface area contributed by atoms with Crippen molar-refractivity contribution in [2.24, 2.45) is 0 Å². The summed E-state index contributed by atoms with van der Waals surface area (Å²) in [6, 6.07) is 13.6. The Morgan fingerprint density at radius 1 is 1.24 bits per heavy atom. The molecular formula is C16H11NO2S2. The second kappa shape index (κ2) is 4.86. The van der Waals surface area contributed by atoms with E-state index in [-0.39, 0.29) is 0 Å². The first-order chi connectivity index (χ1) is 10.2. The van der Waals surface area contributed by atoms with Crippen LogP contribution in [0.4, 0.5) is 0 Å². The predicted octanol–water partition coefficient (Wildman–Crippen LogP) is 4.23. The van der Waals surface area contributed by atoms with Crippen molar-refractivity contribution in [3.8, 4) is 0 Å². The number of rotatable bonds is 2. The van der Waals surface area contributed by atoms with E-state index in [2.05, 4.69) is 24.3 Å². The number of aromatic carboxylic acids is 1. The van der Waals surface area contributed by atoms with Crippen molar-refractivity contribution in [3.05, 3.63) is 58.6 Å². The van der Waals surface area contributed by atoms with Crippen molar-refractivity contribution >= 4 is 39.3 Å². The number of hydrogen-bond donors (Lipinski definition) is 1. The van der Waals surface area contributed by atoms with Crippen LogP contribution in [0.15, 0.2) is 47.4 Å². The maximum Gasteiger partial charge on any atom is 0.335 e. The average molecular weight is 313 g/mol. The zero-order valence-electron chi connectivity index (χ0n) is 10.9. The van der Waals surface area contributed by atoms with Crippen molar-refractivity contribution < 1.29 is 9.90 Å². The van der Waals surface area contributed by atoms with Crippen LogP contribution in [0.3, 0.4) is 0 Å². The number of hydrogen-bond acceptors (Lipinski definition) is 4. The standard InChI is InChI=1S/C16H11NO2S2/c18-16(19)9-5-6-12-14(7-9)21-15(17-12)11-8-20-13-4-2-1-3-10(11)13/h1-7,11H,8H2,(H,18,19). The second-order valence-corrected chi connectivity index (χ2v) is 7.07. The van der Waals surface area contributed by atoms with Crippen LogP contribution >= 0.6 is 23.1 Å². The first-order valence-corrected chi connectivity index (χ1v) is 8.38. The molecule has 1 atom stereocenters. The van der Waals surface area contributed by atoms with Gasteiger partial charge >= 0.3 is 5.97 Å². The lowest BCUT2D eigenvalue weighted by Crippen LogP contribution is -1.97. The molecule has 0 saturated heterocycles. The van der Waals surface area contributed by atoms with Crippen molar-refractivity contribution in [2.45, 2.75) is 10.8 Å². The molecule has 0 aliphatic carbocycles. The van der Waals surface area contributed by atoms with E-state index >= 15 is 0 Å². The van der Waals surface area contributed by atoms with E-state index in [1.807, 2.05) is 11.8 Å². The molecule has 0 radical (unpaired) electrons. The number of nitrogens with zero attached hydrogens (tertiary/aromatic N) is 1. The van der Waals surface area contributed by atoms with Gasteiger partial charge in [-0.25, -0.2) is 9.78 Å². The summed E-state index contributed by atoms with van der Waals surface area (Å²) >= 11 is 3.46. The molecule has 2 heterocycles. The maximum absolute atomic E-state index is 11.1. The molecule has 0 fully saturated rings. The Morgan fingerprint density at radius 2 is 2.10 bits per heavy atom. The Bertz CT molecular complexity index is 856. The van der Waals surface area contributed by atoms with Crippen LogP contribution in [0.1, 0.15) is 26.8 Å². The Morgan fingerprint density at radius 3 is 2.95 bits per heavy atom. The van der Waals surface area contributed by atoms with Crippen LogP contribution in [0.25, 0.3) is 10.2 Å². The predicted molar refractivity (Wildman–Crippen MR) is 85.6 cm³/mol. The van der Waals surface area contributed by atoms with E-state index < -0.39 is 5.97 Å². The first kappa shape index (κ1) is 12.9. The van der Waals surface area contributed by atoms with Gasteiger partial charge < -0.3 is 5.11 Å². The SMILES string of the molecule is O=C(O)c1ccc2nc(C3CSc4ccccc43)sc2c1. The fourth-order valence-corrected chi connectivity index (χ4v) is 5.06. The number of thioether (sulfide) groups is 1. The van der Waals surface area contributed by atoms with Gasteiger partial charge in [0.15, 0.2) is 0 Å². The number of carboxylic acids is 1. The largest absolute Gasteiger partial charge is 0.478 e. The quantitative estimate of drug-likeness (QED) is 0.769. The lowest BCUT2D eigenvalue weighted by molar-refractivity contribution is 0.0697. The number of aromatic nitrogens is 1. The molecule has 0 saturated carbocycles. The van der Waals surface area contributed by atoms with Gasteiger partial charge in [0.05, 0.1) is 15.8 Å². The molecule has 1 unspecified atom stereocenters. The van der Waals surface area contributed by atoms with Crippen molar-refractivity contribution in [1.82, 2.24) is 4.98 Å². The number of fused-ring (bicyclic) bond motifs is 2. The van der Waals surface area contributed by atoms with E-state index in [9.17, 15) is 4.79 Å². The lowest BCUT2D eigenvalue weighted by Gasteiger charge is -2.05. The smallest absolute Gasteiger partial charge is 0.335 e. The molecule has 0 bridgehead atoms. The van der Waals surface area contributed by atoms with Gasteiger partial charge in [-0.3, -0.25) is 0 Å². The molecule has 5 heteroatoms. The van der Waals surface area contributed by atoms with E-state index in [0.29, 0.717) is 11.5 Å². The van der Waals surface area contributed by atoms with Gasteiger partial charge in [-0.2, -0.15) is 0 Å². The van der Waals surface area contributed by atoms with Crippen LogP contribution in [-0.2, 0) is 0 Å². The molecule has 3 nitrogen and oxygen atoms in total. The van der Waals surface area contributed by atoms with Gasteiger partial charge in [0.1, 0.15) is 5.01 Å². The van der Waals surface area contributed by atoms with Gasteiger partial charge in [0.25, 0.3) is 0 Å². The minimum absolute atomic E-state index is 0.317. The first-order valence-electron chi connectivity index (χ1n) is 6.58. The van der Waals surface area contributed by atoms with Gasteiger partial charge in [0, 0.05) is 16.6 Å². The number of benzene rings is 2. The Balaban J connectivity index is 1.80. The van der Waals surface area contributed by atoms with Crippen LogP contribution in [0.2, 0.25) is 0 Å². The molecule has 104 valence electrons. The fourth-order valence-electron chi connectivity index (χ4n) is 2.59. The van der Waals surface area contributed by atoms with E-state index in [1.54, 1.807) is 29.5 Å². The van der Waals surface area contributed by atoms with E-state index in [1.165, 1.54) is 10.5 Å². The normalized spacial score (nSPS) is 17.0. The van der Waals surface area contributed by atoms with Gasteiger partial charge in [0.2, 0.25) is 0 Å². The Kier molecular flexibility index (Phi) is 2.97. The van der Waals surface area contributed by atoms with Crippen molar-refractivity contribution in [2.75, 3.05) is 5.75 Å². The summed E-state index contributed by atoms with van der Waals surface area (Å²) in [4.78, 5) is 17.1. The molecule has 1 N–H and O–H groups in total. The highest BCUT2D eigenvalue weighted by molar-refractivity contribution is 7.99. The summed E-state index contributed by atoms with van der Waals surface area (Å²) in [6.07, 6.45) is 0. The molecular weight excluding hydrogens is 302 g/mol. The third-order valence-corrected chi connectivity index (χ3v) is 5.96. The molecule has 21 heavy (non-hydrogen) atoms. The molecule has 3 aromatic rings. The van der Waals surface area contributed by atoms with Crippen LogP contribution < -0.4 is 0 Å². The van der Waals surface area contributed by atoms with Crippen molar-refractivity contribution in [1.29, 1.82) is 0 Å². The maximum atomic E-state index is 11.1. The summed E-state index contributed by atoms with van der Waals surface area (Å²) in [7, 11) is 0. The molecule has 2 aromatic carbocycles. The van der Waals surface area contributed by atoms with Gasteiger partial charge in [-0.15, -0.1) is 23.1 Å². The highest BCUT2D eigenvalue weighted by atomic mass is 32.2. The highest BCUT2D eigenvalue weighted by Gasteiger charge is 2.27. The minimum Gasteiger partial charge on any atom is -0.478 e. The summed E-state index contributed by atoms with van der Waals surface area (Å²) in [5, 5.41) is 10.1. The summed E-state index contributed by atoms with van der Waals surface area (Å²) in [6.45, 7) is 0. The molecule has 1 aliphatic heterocycles. The van der Waals surface area contributed by atoms with Gasteiger partial charge in [-0.1, -0.05) is 18.2 Å². The number of thiazole rings is 1. The van der Waals surface area contributed by atoms with Gasteiger partial charge in [-0.05, 0) is 29.8 Å². The minimum atomic E-state index is -0.895. The monoisotopic (exact) mass is 313 g/mol. The lowest BCUT2D eigenvalue weighted by atomic mass is 10.0. The van der Waals surface area contributed by atoms with E-state index in [4.69, 9.17) is 10.1 Å².